The van der Waals surface area contributed by atoms with Crippen molar-refractivity contribution in [2.24, 2.45) is 5.73 Å². The van der Waals surface area contributed by atoms with E-state index in [2.05, 4.69) is 14.6 Å². The van der Waals surface area contributed by atoms with Crippen molar-refractivity contribution in [1.82, 2.24) is 4.98 Å². The van der Waals surface area contributed by atoms with Gasteiger partial charge < -0.3 is 15.4 Å². The van der Waals surface area contributed by atoms with Crippen molar-refractivity contribution in [3.63, 3.8) is 0 Å². The highest BCUT2D eigenvalue weighted by molar-refractivity contribution is 6.04. The normalized spacial score (nSPS) is 14.5. The molecule has 1 aliphatic heterocycles. The number of alkyl halides is 3. The lowest BCUT2D eigenvalue weighted by Crippen LogP contribution is -2.24. The molecule has 1 amide bonds. The average molecular weight is 470 g/mol. The minimum absolute atomic E-state index is 0.270. The molecule has 178 valence electrons. The Bertz CT molecular complexity index is 1170. The molecular formula is C26H26F3N3O2. The van der Waals surface area contributed by atoms with Gasteiger partial charge in [0, 0.05) is 36.0 Å². The number of halogens is 3. The highest BCUT2D eigenvalue weighted by Crippen LogP contribution is 2.39. The highest BCUT2D eigenvalue weighted by atomic mass is 19.4. The first-order chi connectivity index (χ1) is 16.2. The second-order valence-electron chi connectivity index (χ2n) is 8.43. The van der Waals surface area contributed by atoms with Gasteiger partial charge in [0.2, 0.25) is 5.91 Å². The molecule has 1 fully saturated rings. The number of aryl methyl sites for hydroxylation is 1. The maximum Gasteiger partial charge on any atom is 0.573 e. The maximum absolute atomic E-state index is 12.8. The van der Waals surface area contributed by atoms with Crippen LogP contribution in [0.2, 0.25) is 0 Å². The van der Waals surface area contributed by atoms with Gasteiger partial charge in [-0.2, -0.15) is 0 Å². The van der Waals surface area contributed by atoms with Crippen LogP contribution >= 0.6 is 0 Å². The van der Waals surface area contributed by atoms with Crippen LogP contribution in [0.3, 0.4) is 0 Å². The number of nitrogens with two attached hydrogens (primary N) is 1. The van der Waals surface area contributed by atoms with Gasteiger partial charge >= 0.3 is 6.36 Å². The third-order valence-corrected chi connectivity index (χ3v) is 6.00. The first-order valence-electron chi connectivity index (χ1n) is 11.2. The van der Waals surface area contributed by atoms with E-state index in [-0.39, 0.29) is 11.3 Å². The van der Waals surface area contributed by atoms with E-state index in [0.29, 0.717) is 22.3 Å². The van der Waals surface area contributed by atoms with E-state index in [9.17, 15) is 18.0 Å². The van der Waals surface area contributed by atoms with Crippen LogP contribution in [0.5, 0.6) is 5.75 Å². The van der Waals surface area contributed by atoms with E-state index in [1.165, 1.54) is 31.0 Å². The van der Waals surface area contributed by atoms with Gasteiger partial charge in [-0.3, -0.25) is 4.79 Å². The molecule has 34 heavy (non-hydrogen) atoms. The number of hydrogen-bond donors (Lipinski definition) is 1. The number of carbonyl (C=O) groups excluding carboxylic acids is 1. The fourth-order valence-electron chi connectivity index (χ4n) is 4.45. The van der Waals surface area contributed by atoms with Crippen molar-refractivity contribution >= 4 is 11.7 Å². The summed E-state index contributed by atoms with van der Waals surface area (Å²) in [6.07, 6.45) is 1.54. The second-order valence-corrected chi connectivity index (χ2v) is 8.43. The maximum atomic E-state index is 12.8. The standard InChI is InChI=1S/C26H26F3N3O2/c1-17-9-11-21(25(30)33)24(23(17)18-7-6-8-20(15-18)34-26(27,28)29)19-10-12-22(31-16-19)32-13-4-2-3-5-14-32/h6-12,15-16H,2-5,13-14H2,1H3,(H2,30,33). The topological polar surface area (TPSA) is 68.5 Å². The van der Waals surface area contributed by atoms with Crippen LogP contribution in [0.1, 0.15) is 41.6 Å². The van der Waals surface area contributed by atoms with Crippen LogP contribution in [-0.4, -0.2) is 30.3 Å². The van der Waals surface area contributed by atoms with Gasteiger partial charge in [0.05, 0.1) is 0 Å². The Morgan fingerprint density at radius 1 is 0.971 bits per heavy atom. The zero-order chi connectivity index (χ0) is 24.3. The third kappa shape index (κ3) is 5.32. The molecule has 2 heterocycles. The number of nitrogens with zero attached hydrogens (tertiary/aromatic N) is 2. The number of rotatable bonds is 5. The smallest absolute Gasteiger partial charge is 0.406 e. The summed E-state index contributed by atoms with van der Waals surface area (Å²) in [7, 11) is 0. The molecule has 4 rings (SSSR count). The fraction of sp³-hybridized carbons (Fsp3) is 0.308. The molecule has 1 aromatic heterocycles. The van der Waals surface area contributed by atoms with E-state index in [0.717, 1.165) is 37.3 Å². The molecule has 2 aromatic carbocycles. The minimum atomic E-state index is -4.81. The number of aromatic nitrogens is 1. The number of ether oxygens (including phenoxy) is 1. The summed E-state index contributed by atoms with van der Waals surface area (Å²) in [4.78, 5) is 19.2. The summed E-state index contributed by atoms with van der Waals surface area (Å²) in [6.45, 7) is 3.72. The van der Waals surface area contributed by atoms with E-state index in [1.54, 1.807) is 24.4 Å². The van der Waals surface area contributed by atoms with Crippen LogP contribution < -0.4 is 15.4 Å². The Labute approximate surface area is 196 Å². The average Bonchev–Trinajstić information content (AvgIpc) is 3.07. The molecular weight excluding hydrogens is 443 g/mol. The van der Waals surface area contributed by atoms with Gasteiger partial charge in [-0.15, -0.1) is 13.2 Å². The summed E-state index contributed by atoms with van der Waals surface area (Å²) >= 11 is 0. The van der Waals surface area contributed by atoms with E-state index < -0.39 is 12.3 Å². The first kappa shape index (κ1) is 23.6. The molecule has 0 radical (unpaired) electrons. The summed E-state index contributed by atoms with van der Waals surface area (Å²) in [6, 6.07) is 12.9. The summed E-state index contributed by atoms with van der Waals surface area (Å²) in [5, 5.41) is 0. The second kappa shape index (κ2) is 9.75. The van der Waals surface area contributed by atoms with E-state index in [1.807, 2.05) is 19.1 Å². The molecule has 1 saturated heterocycles. The number of primary amides is 1. The Hall–Kier alpha value is -3.55. The van der Waals surface area contributed by atoms with E-state index in [4.69, 9.17) is 5.73 Å². The molecule has 3 aromatic rings. The Balaban J connectivity index is 1.81. The van der Waals surface area contributed by atoms with Crippen molar-refractivity contribution in [3.8, 4) is 28.0 Å². The molecule has 8 heteroatoms. The quantitative estimate of drug-likeness (QED) is 0.490. The fourth-order valence-corrected chi connectivity index (χ4v) is 4.45. The lowest BCUT2D eigenvalue weighted by Gasteiger charge is -2.22. The molecule has 0 unspecified atom stereocenters. The molecule has 0 atom stereocenters. The molecule has 0 bridgehead atoms. The number of hydrogen-bond acceptors (Lipinski definition) is 4. The number of anilines is 1. The lowest BCUT2D eigenvalue weighted by molar-refractivity contribution is -0.274. The van der Waals surface area contributed by atoms with Crippen molar-refractivity contribution in [3.05, 3.63) is 65.9 Å². The molecule has 2 N–H and O–H groups in total. The Morgan fingerprint density at radius 3 is 2.32 bits per heavy atom. The lowest BCUT2D eigenvalue weighted by atomic mass is 9.87. The van der Waals surface area contributed by atoms with Crippen LogP contribution in [-0.2, 0) is 0 Å². The first-order valence-corrected chi connectivity index (χ1v) is 11.2. The zero-order valence-corrected chi connectivity index (χ0v) is 18.9. The number of carbonyl (C=O) groups is 1. The van der Waals surface area contributed by atoms with Crippen molar-refractivity contribution in [2.45, 2.75) is 39.0 Å². The highest BCUT2D eigenvalue weighted by Gasteiger charge is 2.31. The van der Waals surface area contributed by atoms with Gasteiger partial charge in [-0.05, 0) is 66.8 Å². The Morgan fingerprint density at radius 2 is 1.71 bits per heavy atom. The molecule has 5 nitrogen and oxygen atoms in total. The van der Waals surface area contributed by atoms with Gasteiger partial charge in [0.25, 0.3) is 0 Å². The van der Waals surface area contributed by atoms with Gasteiger partial charge in [-0.25, -0.2) is 4.98 Å². The predicted molar refractivity (Wildman–Crippen MR) is 126 cm³/mol. The predicted octanol–water partition coefficient (Wildman–Crippen LogP) is 6.10. The monoisotopic (exact) mass is 469 g/mol. The van der Waals surface area contributed by atoms with Crippen LogP contribution in [0.25, 0.3) is 22.3 Å². The SMILES string of the molecule is Cc1ccc(C(N)=O)c(-c2ccc(N3CCCCCC3)nc2)c1-c1cccc(OC(F)(F)F)c1. The van der Waals surface area contributed by atoms with Crippen molar-refractivity contribution < 1.29 is 22.7 Å². The van der Waals surface area contributed by atoms with E-state index >= 15 is 0 Å². The van der Waals surface area contributed by atoms with Crippen LogP contribution in [0.4, 0.5) is 19.0 Å². The summed E-state index contributed by atoms with van der Waals surface area (Å²) in [5.41, 5.74) is 9.01. The molecule has 0 saturated carbocycles. The molecule has 1 aliphatic rings. The molecule has 0 spiro atoms. The van der Waals surface area contributed by atoms with Crippen molar-refractivity contribution in [1.29, 1.82) is 0 Å². The van der Waals surface area contributed by atoms with Crippen LogP contribution in [0, 0.1) is 6.92 Å². The van der Waals surface area contributed by atoms with Gasteiger partial charge in [0.15, 0.2) is 0 Å². The van der Waals surface area contributed by atoms with Gasteiger partial charge in [0.1, 0.15) is 11.6 Å². The van der Waals surface area contributed by atoms with Crippen LogP contribution in [0.15, 0.2) is 54.7 Å². The number of amides is 1. The third-order valence-electron chi connectivity index (χ3n) is 6.00. The summed E-state index contributed by atoms with van der Waals surface area (Å²) < 4.78 is 42.5. The number of pyridine rings is 1. The van der Waals surface area contributed by atoms with Crippen molar-refractivity contribution in [2.75, 3.05) is 18.0 Å². The number of benzene rings is 2. The largest absolute Gasteiger partial charge is 0.573 e. The summed E-state index contributed by atoms with van der Waals surface area (Å²) in [5.74, 6) is -0.106. The van der Waals surface area contributed by atoms with Gasteiger partial charge in [-0.1, -0.05) is 31.0 Å². The zero-order valence-electron chi connectivity index (χ0n) is 18.9. The minimum Gasteiger partial charge on any atom is -0.406 e. The Kier molecular flexibility index (Phi) is 6.77. The molecule has 0 aliphatic carbocycles.